The molecular formula is C21H23NO5. The van der Waals surface area contributed by atoms with Crippen LogP contribution in [0.4, 0.5) is 4.79 Å². The zero-order valence-corrected chi connectivity index (χ0v) is 15.2. The van der Waals surface area contributed by atoms with Gasteiger partial charge >= 0.3 is 12.1 Å². The van der Waals surface area contributed by atoms with E-state index in [4.69, 9.17) is 9.47 Å². The number of alkyl carbamates (subject to hydrolysis) is 1. The molecule has 6 nitrogen and oxygen atoms in total. The lowest BCUT2D eigenvalue weighted by Gasteiger charge is -2.15. The summed E-state index contributed by atoms with van der Waals surface area (Å²) in [6, 6.07) is 18.5. The van der Waals surface area contributed by atoms with Gasteiger partial charge in [-0.3, -0.25) is 0 Å². The summed E-state index contributed by atoms with van der Waals surface area (Å²) in [5.41, 5.74) is 1.90. The highest BCUT2D eigenvalue weighted by atomic mass is 16.5. The van der Waals surface area contributed by atoms with Gasteiger partial charge in [0.25, 0.3) is 0 Å². The molecule has 142 valence electrons. The van der Waals surface area contributed by atoms with Crippen LogP contribution in [0.3, 0.4) is 0 Å². The van der Waals surface area contributed by atoms with E-state index in [1.165, 1.54) is 19.3 Å². The molecule has 0 unspecified atom stereocenters. The Kier molecular flexibility index (Phi) is 8.59. The van der Waals surface area contributed by atoms with Crippen LogP contribution in [0.15, 0.2) is 72.8 Å². The minimum absolute atomic E-state index is 0.158. The minimum atomic E-state index is -0.596. The average Bonchev–Trinajstić information content (AvgIpc) is 2.71. The molecule has 1 atom stereocenters. The Balaban J connectivity index is 1.85. The fourth-order valence-electron chi connectivity index (χ4n) is 2.20. The van der Waals surface area contributed by atoms with Gasteiger partial charge in [0, 0.05) is 6.08 Å². The highest BCUT2D eigenvalue weighted by Crippen LogP contribution is 2.03. The summed E-state index contributed by atoms with van der Waals surface area (Å²) in [4.78, 5) is 23.3. The molecule has 0 bridgehead atoms. The standard InChI is InChI=1S/C21H23NO5/c1-25-20(23)13-12-19(16-26-14-17-8-4-2-5-9-17)22-21(24)27-15-18-10-6-3-7-11-18/h2-13,19H,14-16H2,1H3,(H,22,24)/b13-12+/t19-/m0/s1. The van der Waals surface area contributed by atoms with Gasteiger partial charge in [-0.2, -0.15) is 0 Å². The molecule has 2 aromatic rings. The van der Waals surface area contributed by atoms with Gasteiger partial charge in [0.15, 0.2) is 0 Å². The first-order chi connectivity index (χ1) is 13.2. The fraction of sp³-hybridized carbons (Fsp3) is 0.238. The second-order valence-electron chi connectivity index (χ2n) is 5.70. The Morgan fingerprint density at radius 1 is 0.963 bits per heavy atom. The number of methoxy groups -OCH3 is 1. The molecule has 0 saturated heterocycles. The van der Waals surface area contributed by atoms with Crippen molar-refractivity contribution >= 4 is 12.1 Å². The van der Waals surface area contributed by atoms with E-state index in [1.54, 1.807) is 0 Å². The molecule has 1 N–H and O–H groups in total. The van der Waals surface area contributed by atoms with E-state index in [1.807, 2.05) is 60.7 Å². The summed E-state index contributed by atoms with van der Waals surface area (Å²) in [6.07, 6.45) is 2.16. The topological polar surface area (TPSA) is 73.9 Å². The Labute approximate surface area is 158 Å². The van der Waals surface area contributed by atoms with Gasteiger partial charge in [-0.1, -0.05) is 66.7 Å². The van der Waals surface area contributed by atoms with Crippen molar-refractivity contribution in [3.63, 3.8) is 0 Å². The highest BCUT2D eigenvalue weighted by Gasteiger charge is 2.12. The Hall–Kier alpha value is -3.12. The van der Waals surface area contributed by atoms with Crippen LogP contribution in [0.5, 0.6) is 0 Å². The molecule has 2 rings (SSSR count). The number of hydrogen-bond acceptors (Lipinski definition) is 5. The largest absolute Gasteiger partial charge is 0.466 e. The maximum absolute atomic E-state index is 12.0. The van der Waals surface area contributed by atoms with E-state index in [-0.39, 0.29) is 13.2 Å². The molecule has 6 heteroatoms. The van der Waals surface area contributed by atoms with Crippen molar-refractivity contribution in [2.75, 3.05) is 13.7 Å². The molecule has 1 amide bonds. The van der Waals surface area contributed by atoms with Crippen molar-refractivity contribution in [2.45, 2.75) is 19.3 Å². The van der Waals surface area contributed by atoms with Crippen molar-refractivity contribution in [2.24, 2.45) is 0 Å². The average molecular weight is 369 g/mol. The van der Waals surface area contributed by atoms with Crippen molar-refractivity contribution in [1.82, 2.24) is 5.32 Å². The second kappa shape index (κ2) is 11.5. The van der Waals surface area contributed by atoms with Crippen LogP contribution in [0.25, 0.3) is 0 Å². The molecule has 27 heavy (non-hydrogen) atoms. The van der Waals surface area contributed by atoms with Gasteiger partial charge in [-0.05, 0) is 11.1 Å². The van der Waals surface area contributed by atoms with Crippen LogP contribution < -0.4 is 5.32 Å². The van der Waals surface area contributed by atoms with E-state index in [0.29, 0.717) is 6.61 Å². The molecular weight excluding hydrogens is 346 g/mol. The summed E-state index contributed by atoms with van der Waals surface area (Å²) < 4.78 is 15.4. The van der Waals surface area contributed by atoms with Crippen LogP contribution in [-0.4, -0.2) is 31.8 Å². The molecule has 0 radical (unpaired) electrons. The maximum atomic E-state index is 12.0. The molecule has 0 aliphatic carbocycles. The van der Waals surface area contributed by atoms with E-state index in [9.17, 15) is 9.59 Å². The zero-order chi connectivity index (χ0) is 19.3. The number of ether oxygens (including phenoxy) is 3. The van der Waals surface area contributed by atoms with Gasteiger partial charge in [-0.25, -0.2) is 9.59 Å². The lowest BCUT2D eigenvalue weighted by molar-refractivity contribution is -0.134. The van der Waals surface area contributed by atoms with Crippen LogP contribution in [-0.2, 0) is 32.2 Å². The number of rotatable bonds is 9. The van der Waals surface area contributed by atoms with Crippen LogP contribution >= 0.6 is 0 Å². The zero-order valence-electron chi connectivity index (χ0n) is 15.2. The molecule has 0 aliphatic heterocycles. The third-order valence-electron chi connectivity index (χ3n) is 3.59. The van der Waals surface area contributed by atoms with Gasteiger partial charge in [0.2, 0.25) is 0 Å². The van der Waals surface area contributed by atoms with Crippen LogP contribution in [0.2, 0.25) is 0 Å². The van der Waals surface area contributed by atoms with Crippen LogP contribution in [0.1, 0.15) is 11.1 Å². The molecule has 0 heterocycles. The monoisotopic (exact) mass is 369 g/mol. The van der Waals surface area contributed by atoms with Crippen molar-refractivity contribution in [1.29, 1.82) is 0 Å². The highest BCUT2D eigenvalue weighted by molar-refractivity contribution is 5.82. The predicted molar refractivity (Wildman–Crippen MR) is 101 cm³/mol. The first kappa shape index (κ1) is 20.2. The molecule has 0 aliphatic rings. The summed E-state index contributed by atoms with van der Waals surface area (Å²) >= 11 is 0. The number of benzene rings is 2. The van der Waals surface area contributed by atoms with E-state index in [2.05, 4.69) is 10.1 Å². The Morgan fingerprint density at radius 2 is 1.56 bits per heavy atom. The third kappa shape index (κ3) is 8.20. The van der Waals surface area contributed by atoms with Gasteiger partial charge < -0.3 is 19.5 Å². The first-order valence-corrected chi connectivity index (χ1v) is 8.52. The number of nitrogens with one attached hydrogen (secondary N) is 1. The van der Waals surface area contributed by atoms with E-state index >= 15 is 0 Å². The number of hydrogen-bond donors (Lipinski definition) is 1. The first-order valence-electron chi connectivity index (χ1n) is 8.52. The number of carbonyl (C=O) groups is 2. The van der Waals surface area contributed by atoms with Crippen molar-refractivity contribution in [3.8, 4) is 0 Å². The summed E-state index contributed by atoms with van der Waals surface area (Å²) in [5, 5.41) is 2.67. The lowest BCUT2D eigenvalue weighted by Crippen LogP contribution is -2.37. The fourth-order valence-corrected chi connectivity index (χ4v) is 2.20. The lowest BCUT2D eigenvalue weighted by atomic mass is 10.2. The molecule has 0 aromatic heterocycles. The third-order valence-corrected chi connectivity index (χ3v) is 3.59. The van der Waals surface area contributed by atoms with E-state index < -0.39 is 18.1 Å². The quantitative estimate of drug-likeness (QED) is 0.543. The normalized spacial score (nSPS) is 11.7. The minimum Gasteiger partial charge on any atom is -0.466 e. The van der Waals surface area contributed by atoms with Gasteiger partial charge in [0.1, 0.15) is 6.61 Å². The van der Waals surface area contributed by atoms with E-state index in [0.717, 1.165) is 11.1 Å². The van der Waals surface area contributed by atoms with Crippen LogP contribution in [0, 0.1) is 0 Å². The molecule has 0 saturated carbocycles. The predicted octanol–water partition coefficient (Wildman–Crippen LogP) is 3.23. The number of carbonyl (C=O) groups excluding carboxylic acids is 2. The summed E-state index contributed by atoms with van der Waals surface area (Å²) in [7, 11) is 1.29. The Morgan fingerprint density at radius 3 is 2.15 bits per heavy atom. The molecule has 2 aromatic carbocycles. The summed E-state index contributed by atoms with van der Waals surface area (Å²) in [5.74, 6) is -0.512. The second-order valence-corrected chi connectivity index (χ2v) is 5.70. The smallest absolute Gasteiger partial charge is 0.408 e. The molecule has 0 fully saturated rings. The number of esters is 1. The SMILES string of the molecule is COC(=O)/C=C/[C@@H](COCc1ccccc1)NC(=O)OCc1ccccc1. The summed E-state index contributed by atoms with van der Waals surface area (Å²) in [6.45, 7) is 0.734. The Bertz CT molecular complexity index is 731. The van der Waals surface area contributed by atoms with Crippen molar-refractivity contribution in [3.05, 3.63) is 83.9 Å². The van der Waals surface area contributed by atoms with Gasteiger partial charge in [0.05, 0.1) is 26.4 Å². The number of amides is 1. The molecule has 0 spiro atoms. The maximum Gasteiger partial charge on any atom is 0.408 e. The van der Waals surface area contributed by atoms with Crippen molar-refractivity contribution < 1.29 is 23.8 Å². The van der Waals surface area contributed by atoms with Gasteiger partial charge in [-0.15, -0.1) is 0 Å².